The second-order valence-corrected chi connectivity index (χ2v) is 5.13. The van der Waals surface area contributed by atoms with E-state index >= 15 is 0 Å². The minimum Gasteiger partial charge on any atom is -0.288 e. The van der Waals surface area contributed by atoms with Crippen molar-refractivity contribution in [2.45, 2.75) is 0 Å². The number of nitrogens with one attached hydrogen (secondary N) is 1. The molecule has 78 valence electrons. The molecule has 0 bridgehead atoms. The average Bonchev–Trinajstić information content (AvgIpc) is 2.47. The predicted octanol–water partition coefficient (Wildman–Crippen LogP) is 3.40. The number of carbonyl (C=O) groups excluding carboxylic acids is 2. The number of hydrogen-bond donors (Lipinski definition) is 1. The van der Waals surface area contributed by atoms with Crippen molar-refractivity contribution in [1.82, 2.24) is 5.32 Å². The summed E-state index contributed by atoms with van der Waals surface area (Å²) in [5.74, 6) is -1.02. The molecule has 0 aromatic heterocycles. The molecule has 1 N–H and O–H groups in total. The smallest absolute Gasteiger partial charge is 0.260 e. The third kappa shape index (κ3) is 1.53. The van der Waals surface area contributed by atoms with Gasteiger partial charge in [-0.3, -0.25) is 14.9 Å². The number of imide groups is 1. The van der Waals surface area contributed by atoms with E-state index in [0.29, 0.717) is 8.95 Å². The molecular formula is C8HBr2Cl2NO2. The van der Waals surface area contributed by atoms with Crippen LogP contribution in [0.2, 0.25) is 10.0 Å². The molecule has 0 radical (unpaired) electrons. The van der Waals surface area contributed by atoms with Crippen LogP contribution in [0, 0.1) is 0 Å². The van der Waals surface area contributed by atoms with E-state index in [1.807, 2.05) is 0 Å². The number of benzene rings is 1. The molecule has 0 spiro atoms. The van der Waals surface area contributed by atoms with Crippen LogP contribution in [0.4, 0.5) is 0 Å². The topological polar surface area (TPSA) is 46.2 Å². The zero-order chi connectivity index (χ0) is 11.3. The molecule has 0 unspecified atom stereocenters. The van der Waals surface area contributed by atoms with Crippen LogP contribution >= 0.6 is 55.1 Å². The van der Waals surface area contributed by atoms with Crippen molar-refractivity contribution in [2.75, 3.05) is 0 Å². The number of hydrogen-bond acceptors (Lipinski definition) is 2. The van der Waals surface area contributed by atoms with Crippen molar-refractivity contribution in [3.8, 4) is 0 Å². The van der Waals surface area contributed by atoms with Gasteiger partial charge in [-0.25, -0.2) is 0 Å². The van der Waals surface area contributed by atoms with Gasteiger partial charge in [-0.05, 0) is 31.9 Å². The monoisotopic (exact) mass is 371 g/mol. The van der Waals surface area contributed by atoms with Crippen LogP contribution in [0.25, 0.3) is 0 Å². The molecule has 3 nitrogen and oxygen atoms in total. The van der Waals surface area contributed by atoms with E-state index in [1.54, 1.807) is 0 Å². The SMILES string of the molecule is O=C1NC(=O)c2c(Br)c(Br)c(Cl)c(Cl)c21. The molecule has 1 aliphatic rings. The number of rotatable bonds is 0. The van der Waals surface area contributed by atoms with Gasteiger partial charge in [0.1, 0.15) is 0 Å². The maximum atomic E-state index is 11.4. The summed E-state index contributed by atoms with van der Waals surface area (Å²) in [5, 5.41) is 2.42. The minimum absolute atomic E-state index is 0.0742. The summed E-state index contributed by atoms with van der Waals surface area (Å²) in [4.78, 5) is 22.8. The molecule has 1 aromatic rings. The minimum atomic E-state index is -0.532. The van der Waals surface area contributed by atoms with E-state index in [2.05, 4.69) is 37.2 Å². The molecule has 7 heteroatoms. The Labute approximate surface area is 111 Å². The van der Waals surface area contributed by atoms with Crippen LogP contribution in [-0.2, 0) is 0 Å². The third-order valence-corrected chi connectivity index (χ3v) is 5.15. The van der Waals surface area contributed by atoms with Crippen molar-refractivity contribution in [1.29, 1.82) is 0 Å². The lowest BCUT2D eigenvalue weighted by atomic mass is 10.1. The first kappa shape index (κ1) is 11.4. The zero-order valence-electron chi connectivity index (χ0n) is 6.83. The Morgan fingerprint density at radius 1 is 0.867 bits per heavy atom. The van der Waals surface area contributed by atoms with Gasteiger partial charge in [-0.2, -0.15) is 0 Å². The lowest BCUT2D eigenvalue weighted by molar-refractivity contribution is 0.0879. The Morgan fingerprint density at radius 3 is 2.00 bits per heavy atom. The highest BCUT2D eigenvalue weighted by Gasteiger charge is 2.34. The van der Waals surface area contributed by atoms with Crippen molar-refractivity contribution < 1.29 is 9.59 Å². The first-order valence-electron chi connectivity index (χ1n) is 3.66. The summed E-state index contributed by atoms with van der Waals surface area (Å²) in [7, 11) is 0. The summed E-state index contributed by atoms with van der Waals surface area (Å²) in [6.45, 7) is 0. The summed E-state index contributed by atoms with van der Waals surface area (Å²) < 4.78 is 0.882. The fourth-order valence-corrected chi connectivity index (χ4v) is 2.95. The average molecular weight is 374 g/mol. The number of halogens is 4. The Morgan fingerprint density at radius 2 is 1.40 bits per heavy atom. The van der Waals surface area contributed by atoms with Crippen LogP contribution < -0.4 is 5.32 Å². The maximum Gasteiger partial charge on any atom is 0.260 e. The van der Waals surface area contributed by atoms with Gasteiger partial charge in [0.15, 0.2) is 0 Å². The molecular weight excluding hydrogens is 373 g/mol. The number of amides is 2. The van der Waals surface area contributed by atoms with Crippen molar-refractivity contribution >= 4 is 66.9 Å². The standard InChI is InChI=1S/C8HBr2Cl2NO2/c9-3-1-2(8(15)13-7(1)14)5(11)6(12)4(3)10/h(H,13,14,15). The van der Waals surface area contributed by atoms with Gasteiger partial charge in [0.2, 0.25) is 0 Å². The normalized spacial score (nSPS) is 14.1. The van der Waals surface area contributed by atoms with Crippen molar-refractivity contribution in [2.24, 2.45) is 0 Å². The summed E-state index contributed by atoms with van der Waals surface area (Å²) in [6.07, 6.45) is 0. The molecule has 15 heavy (non-hydrogen) atoms. The second kappa shape index (κ2) is 3.73. The molecule has 0 saturated carbocycles. The van der Waals surface area contributed by atoms with Crippen molar-refractivity contribution in [3.63, 3.8) is 0 Å². The summed E-state index contributed by atoms with van der Waals surface area (Å²) >= 11 is 18.1. The molecule has 1 aromatic carbocycles. The third-order valence-electron chi connectivity index (χ3n) is 1.95. The molecule has 1 aliphatic heterocycles. The highest BCUT2D eigenvalue weighted by molar-refractivity contribution is 9.13. The summed E-state index contributed by atoms with van der Waals surface area (Å²) in [6, 6.07) is 0. The maximum absolute atomic E-state index is 11.4. The molecule has 1 heterocycles. The van der Waals surface area contributed by atoms with E-state index < -0.39 is 11.8 Å². The Balaban J connectivity index is 2.92. The van der Waals surface area contributed by atoms with E-state index in [1.165, 1.54) is 0 Å². The van der Waals surface area contributed by atoms with E-state index in [0.717, 1.165) is 0 Å². The zero-order valence-corrected chi connectivity index (χ0v) is 11.5. The first-order chi connectivity index (χ1) is 6.95. The fourth-order valence-electron chi connectivity index (χ4n) is 1.29. The van der Waals surface area contributed by atoms with Gasteiger partial charge in [-0.1, -0.05) is 23.2 Å². The molecule has 2 amide bonds. The molecule has 0 saturated heterocycles. The lowest BCUT2D eigenvalue weighted by Crippen LogP contribution is -2.20. The number of carbonyl (C=O) groups is 2. The molecule has 0 aliphatic carbocycles. The van der Waals surface area contributed by atoms with Gasteiger partial charge in [0.05, 0.1) is 25.6 Å². The Kier molecular flexibility index (Phi) is 2.83. The predicted molar refractivity (Wildman–Crippen MR) is 63.7 cm³/mol. The fraction of sp³-hybridized carbons (Fsp3) is 0. The quantitative estimate of drug-likeness (QED) is 0.430. The van der Waals surface area contributed by atoms with E-state index in [4.69, 9.17) is 23.2 Å². The van der Waals surface area contributed by atoms with Gasteiger partial charge in [0, 0.05) is 4.47 Å². The van der Waals surface area contributed by atoms with Crippen LogP contribution in [0.15, 0.2) is 8.95 Å². The number of fused-ring (bicyclic) bond motifs is 1. The Hall–Kier alpha value is -0.100. The second-order valence-electron chi connectivity index (χ2n) is 2.79. The lowest BCUT2D eigenvalue weighted by Gasteiger charge is -2.06. The van der Waals surface area contributed by atoms with Gasteiger partial charge >= 0.3 is 0 Å². The summed E-state index contributed by atoms with van der Waals surface area (Å²) in [5.41, 5.74) is 0.322. The largest absolute Gasteiger partial charge is 0.288 e. The highest BCUT2D eigenvalue weighted by atomic mass is 79.9. The van der Waals surface area contributed by atoms with E-state index in [9.17, 15) is 9.59 Å². The van der Waals surface area contributed by atoms with Gasteiger partial charge in [0.25, 0.3) is 11.8 Å². The van der Waals surface area contributed by atoms with Crippen LogP contribution in [0.5, 0.6) is 0 Å². The van der Waals surface area contributed by atoms with Crippen molar-refractivity contribution in [3.05, 3.63) is 30.1 Å². The van der Waals surface area contributed by atoms with E-state index in [-0.39, 0.29) is 21.2 Å². The van der Waals surface area contributed by atoms with Crippen LogP contribution in [-0.4, -0.2) is 11.8 Å². The first-order valence-corrected chi connectivity index (χ1v) is 6.01. The van der Waals surface area contributed by atoms with Crippen LogP contribution in [0.3, 0.4) is 0 Å². The molecule has 2 rings (SSSR count). The Bertz CT molecular complexity index is 471. The van der Waals surface area contributed by atoms with Crippen LogP contribution in [0.1, 0.15) is 20.7 Å². The highest BCUT2D eigenvalue weighted by Crippen LogP contribution is 2.43. The molecule has 0 atom stereocenters. The van der Waals surface area contributed by atoms with Gasteiger partial charge in [-0.15, -0.1) is 0 Å². The van der Waals surface area contributed by atoms with Gasteiger partial charge < -0.3 is 0 Å². The molecule has 0 fully saturated rings.